The molecule has 80 valence electrons. The summed E-state index contributed by atoms with van der Waals surface area (Å²) < 4.78 is 12.7. The first-order chi connectivity index (χ1) is 7.18. The average molecular weight is 209 g/mol. The maximum absolute atomic E-state index is 12.7. The summed E-state index contributed by atoms with van der Waals surface area (Å²) in [5, 5.41) is 9.43. The van der Waals surface area contributed by atoms with Gasteiger partial charge in [0, 0.05) is 19.2 Å². The number of phenolic OH excluding ortho intramolecular Hbond substituents is 1. The molecule has 0 aliphatic carbocycles. The maximum Gasteiger partial charge on any atom is 0.257 e. The topological polar surface area (TPSA) is 40.5 Å². The molecule has 15 heavy (non-hydrogen) atoms. The molecule has 1 aliphatic heterocycles. The van der Waals surface area contributed by atoms with E-state index in [1.807, 2.05) is 0 Å². The molecule has 1 aliphatic rings. The van der Waals surface area contributed by atoms with Gasteiger partial charge in [-0.2, -0.15) is 0 Å². The van der Waals surface area contributed by atoms with Gasteiger partial charge >= 0.3 is 0 Å². The predicted octanol–water partition coefficient (Wildman–Crippen LogP) is 1.77. The molecule has 3 nitrogen and oxygen atoms in total. The second-order valence-corrected chi connectivity index (χ2v) is 3.66. The molecule has 1 aromatic carbocycles. The molecule has 0 radical (unpaired) electrons. The lowest BCUT2D eigenvalue weighted by Gasteiger charge is -2.15. The predicted molar refractivity (Wildman–Crippen MR) is 53.2 cm³/mol. The second-order valence-electron chi connectivity index (χ2n) is 3.66. The minimum atomic E-state index is -0.537. The van der Waals surface area contributed by atoms with Gasteiger partial charge in [-0.15, -0.1) is 0 Å². The van der Waals surface area contributed by atoms with Gasteiger partial charge in [-0.3, -0.25) is 4.79 Å². The Balaban J connectivity index is 2.24. The number of carbonyl (C=O) groups is 1. The van der Waals surface area contributed by atoms with E-state index in [0.29, 0.717) is 0 Å². The van der Waals surface area contributed by atoms with Crippen molar-refractivity contribution in [2.24, 2.45) is 0 Å². The fourth-order valence-corrected chi connectivity index (χ4v) is 1.78. The first kappa shape index (κ1) is 9.96. The molecule has 0 unspecified atom stereocenters. The third-order valence-corrected chi connectivity index (χ3v) is 2.58. The van der Waals surface area contributed by atoms with Crippen LogP contribution in [0.1, 0.15) is 23.2 Å². The van der Waals surface area contributed by atoms with Gasteiger partial charge in [0.15, 0.2) is 0 Å². The number of nitrogens with zero attached hydrogens (tertiary/aromatic N) is 1. The summed E-state index contributed by atoms with van der Waals surface area (Å²) >= 11 is 0. The molecule has 1 amide bonds. The number of hydrogen-bond acceptors (Lipinski definition) is 2. The minimum Gasteiger partial charge on any atom is -0.507 e. The second kappa shape index (κ2) is 3.88. The number of amides is 1. The van der Waals surface area contributed by atoms with Gasteiger partial charge in [0.2, 0.25) is 0 Å². The monoisotopic (exact) mass is 209 g/mol. The van der Waals surface area contributed by atoms with Gasteiger partial charge in [0.05, 0.1) is 5.56 Å². The molecule has 0 atom stereocenters. The highest BCUT2D eigenvalue weighted by Crippen LogP contribution is 2.21. The number of halogens is 1. The molecule has 4 heteroatoms. The largest absolute Gasteiger partial charge is 0.507 e. The van der Waals surface area contributed by atoms with Crippen molar-refractivity contribution in [3.8, 4) is 5.75 Å². The number of hydrogen-bond donors (Lipinski definition) is 1. The zero-order valence-corrected chi connectivity index (χ0v) is 8.24. The van der Waals surface area contributed by atoms with E-state index in [0.717, 1.165) is 32.0 Å². The third kappa shape index (κ3) is 1.93. The standard InChI is InChI=1S/C11H12FNO2/c12-8-3-4-9(10(14)7-8)11(15)13-5-1-2-6-13/h3-4,7,14H,1-2,5-6H2. The molecular weight excluding hydrogens is 197 g/mol. The third-order valence-electron chi connectivity index (χ3n) is 2.58. The number of likely N-dealkylation sites (tertiary alicyclic amines) is 1. The van der Waals surface area contributed by atoms with Crippen molar-refractivity contribution in [3.63, 3.8) is 0 Å². The molecule has 0 spiro atoms. The summed E-state index contributed by atoms with van der Waals surface area (Å²) in [5.41, 5.74) is 0.179. The number of phenols is 1. The van der Waals surface area contributed by atoms with Gasteiger partial charge in [0.1, 0.15) is 11.6 Å². The van der Waals surface area contributed by atoms with Crippen molar-refractivity contribution in [2.45, 2.75) is 12.8 Å². The lowest BCUT2D eigenvalue weighted by atomic mass is 10.1. The number of benzene rings is 1. The van der Waals surface area contributed by atoms with Crippen LogP contribution in [0.4, 0.5) is 4.39 Å². The van der Waals surface area contributed by atoms with Crippen LogP contribution >= 0.6 is 0 Å². The Morgan fingerprint density at radius 1 is 1.33 bits per heavy atom. The van der Waals surface area contributed by atoms with Crippen LogP contribution in [0.2, 0.25) is 0 Å². The highest BCUT2D eigenvalue weighted by molar-refractivity contribution is 5.96. The summed E-state index contributed by atoms with van der Waals surface area (Å²) in [7, 11) is 0. The van der Waals surface area contributed by atoms with Crippen LogP contribution in [0.5, 0.6) is 5.75 Å². The molecule has 1 N–H and O–H groups in total. The van der Waals surface area contributed by atoms with E-state index in [2.05, 4.69) is 0 Å². The molecular formula is C11H12FNO2. The first-order valence-electron chi connectivity index (χ1n) is 4.96. The molecule has 0 bridgehead atoms. The maximum atomic E-state index is 12.7. The van der Waals surface area contributed by atoms with Crippen molar-refractivity contribution in [3.05, 3.63) is 29.6 Å². The highest BCUT2D eigenvalue weighted by Gasteiger charge is 2.21. The summed E-state index contributed by atoms with van der Waals surface area (Å²) in [6, 6.07) is 3.47. The molecule has 1 saturated heterocycles. The Bertz CT molecular complexity index is 386. The first-order valence-corrected chi connectivity index (χ1v) is 4.96. The lowest BCUT2D eigenvalue weighted by molar-refractivity contribution is 0.0790. The SMILES string of the molecule is O=C(c1ccc(F)cc1O)N1CCCC1. The van der Waals surface area contributed by atoms with Crippen molar-refractivity contribution in [1.82, 2.24) is 4.90 Å². The minimum absolute atomic E-state index is 0.179. The van der Waals surface area contributed by atoms with E-state index in [-0.39, 0.29) is 17.2 Å². The molecule has 2 rings (SSSR count). The summed E-state index contributed by atoms with van der Waals surface area (Å²) in [4.78, 5) is 13.5. The molecule has 0 aromatic heterocycles. The Kier molecular flexibility index (Phi) is 2.58. The van der Waals surface area contributed by atoms with E-state index in [4.69, 9.17) is 0 Å². The number of carbonyl (C=O) groups excluding carboxylic acids is 1. The van der Waals surface area contributed by atoms with Gasteiger partial charge in [0.25, 0.3) is 5.91 Å². The smallest absolute Gasteiger partial charge is 0.257 e. The quantitative estimate of drug-likeness (QED) is 0.765. The average Bonchev–Trinajstić information content (AvgIpc) is 2.69. The Morgan fingerprint density at radius 2 is 2.00 bits per heavy atom. The summed E-state index contributed by atoms with van der Waals surface area (Å²) in [6.45, 7) is 1.44. The van der Waals surface area contributed by atoms with Gasteiger partial charge in [-0.05, 0) is 25.0 Å². The highest BCUT2D eigenvalue weighted by atomic mass is 19.1. The zero-order valence-electron chi connectivity index (χ0n) is 8.24. The van der Waals surface area contributed by atoms with Crippen LogP contribution in [0, 0.1) is 5.82 Å². The van der Waals surface area contributed by atoms with E-state index in [1.54, 1.807) is 4.90 Å². The van der Waals surface area contributed by atoms with Crippen LogP contribution < -0.4 is 0 Å². The normalized spacial score (nSPS) is 15.7. The van der Waals surface area contributed by atoms with E-state index >= 15 is 0 Å². The van der Waals surface area contributed by atoms with Crippen LogP contribution in [-0.2, 0) is 0 Å². The fourth-order valence-electron chi connectivity index (χ4n) is 1.78. The number of rotatable bonds is 1. The van der Waals surface area contributed by atoms with Gasteiger partial charge in [-0.25, -0.2) is 4.39 Å². The van der Waals surface area contributed by atoms with Gasteiger partial charge < -0.3 is 10.0 Å². The Hall–Kier alpha value is -1.58. The van der Waals surface area contributed by atoms with Crippen molar-refractivity contribution < 1.29 is 14.3 Å². The molecule has 1 fully saturated rings. The van der Waals surface area contributed by atoms with Crippen LogP contribution in [0.3, 0.4) is 0 Å². The van der Waals surface area contributed by atoms with Crippen LogP contribution in [0.15, 0.2) is 18.2 Å². The van der Waals surface area contributed by atoms with Crippen molar-refractivity contribution in [1.29, 1.82) is 0 Å². The van der Waals surface area contributed by atoms with E-state index < -0.39 is 5.82 Å². The van der Waals surface area contributed by atoms with Gasteiger partial charge in [-0.1, -0.05) is 0 Å². The fraction of sp³-hybridized carbons (Fsp3) is 0.364. The Labute approximate surface area is 87.1 Å². The summed E-state index contributed by atoms with van der Waals surface area (Å²) in [5.74, 6) is -1.04. The molecule has 1 aromatic rings. The lowest BCUT2D eigenvalue weighted by Crippen LogP contribution is -2.27. The number of aromatic hydroxyl groups is 1. The Morgan fingerprint density at radius 3 is 2.60 bits per heavy atom. The summed E-state index contributed by atoms with van der Waals surface area (Å²) in [6.07, 6.45) is 1.99. The van der Waals surface area contributed by atoms with Crippen molar-refractivity contribution >= 4 is 5.91 Å². The van der Waals surface area contributed by atoms with E-state index in [9.17, 15) is 14.3 Å². The van der Waals surface area contributed by atoms with Crippen molar-refractivity contribution in [2.75, 3.05) is 13.1 Å². The zero-order chi connectivity index (χ0) is 10.8. The molecule has 0 saturated carbocycles. The van der Waals surface area contributed by atoms with E-state index in [1.165, 1.54) is 12.1 Å². The van der Waals surface area contributed by atoms with Crippen LogP contribution in [0.25, 0.3) is 0 Å². The molecule has 1 heterocycles. The van der Waals surface area contributed by atoms with Crippen LogP contribution in [-0.4, -0.2) is 29.0 Å².